The number of anilines is 1. The molecule has 1 aliphatic rings. The number of hydrogen-bond acceptors (Lipinski definition) is 5. The van der Waals surface area contributed by atoms with E-state index in [4.69, 9.17) is 17.3 Å². The Morgan fingerprint density at radius 1 is 1.50 bits per heavy atom. The predicted molar refractivity (Wildman–Crippen MR) is 70.7 cm³/mol. The van der Waals surface area contributed by atoms with Crippen LogP contribution in [0, 0.1) is 0 Å². The van der Waals surface area contributed by atoms with Crippen molar-refractivity contribution in [3.63, 3.8) is 0 Å². The van der Waals surface area contributed by atoms with Gasteiger partial charge >= 0.3 is 5.97 Å². The third kappa shape index (κ3) is 2.75. The molecule has 1 aromatic carbocycles. The summed E-state index contributed by atoms with van der Waals surface area (Å²) in [5, 5.41) is 3.09. The number of alkyl halides is 1. The largest absolute Gasteiger partial charge is 0.465 e. The molecule has 0 aliphatic carbocycles. The zero-order valence-electron chi connectivity index (χ0n) is 10.1. The second kappa shape index (κ2) is 5.56. The molecule has 0 aromatic heterocycles. The van der Waals surface area contributed by atoms with Crippen LogP contribution in [0.1, 0.15) is 10.4 Å². The first kappa shape index (κ1) is 13.1. The molecule has 98 valence electrons. The van der Waals surface area contributed by atoms with Crippen molar-refractivity contribution in [1.29, 1.82) is 0 Å². The molecule has 1 saturated heterocycles. The molecule has 0 radical (unpaired) electrons. The van der Waals surface area contributed by atoms with Crippen molar-refractivity contribution in [3.8, 4) is 0 Å². The van der Waals surface area contributed by atoms with Crippen LogP contribution in [0.3, 0.4) is 0 Å². The lowest BCUT2D eigenvalue weighted by Crippen LogP contribution is -2.58. The van der Waals surface area contributed by atoms with Crippen molar-refractivity contribution in [2.24, 2.45) is 5.73 Å². The van der Waals surface area contributed by atoms with Gasteiger partial charge in [0.05, 0.1) is 18.8 Å². The number of esters is 1. The van der Waals surface area contributed by atoms with Gasteiger partial charge in [-0.3, -0.25) is 5.32 Å². The number of carbonyl (C=O) groups excluding carboxylic acids is 1. The van der Waals surface area contributed by atoms with Crippen LogP contribution in [0.4, 0.5) is 5.69 Å². The second-order valence-electron chi connectivity index (χ2n) is 4.13. The molecule has 0 bridgehead atoms. The van der Waals surface area contributed by atoms with Crippen LogP contribution < -0.4 is 16.0 Å². The Labute approximate surface area is 111 Å². The van der Waals surface area contributed by atoms with Crippen LogP contribution in [0.25, 0.3) is 0 Å². The maximum absolute atomic E-state index is 11.3. The molecule has 2 atom stereocenters. The monoisotopic (exact) mass is 269 g/mol. The number of carbonyl (C=O) groups is 1. The lowest BCUT2D eigenvalue weighted by Gasteiger charge is -2.37. The second-order valence-corrected chi connectivity index (χ2v) is 4.66. The minimum Gasteiger partial charge on any atom is -0.465 e. The van der Waals surface area contributed by atoms with E-state index in [2.05, 4.69) is 10.1 Å². The molecule has 0 saturated carbocycles. The Balaban J connectivity index is 2.15. The highest BCUT2D eigenvalue weighted by Crippen LogP contribution is 2.20. The number of rotatable bonds is 2. The first-order valence-corrected chi connectivity index (χ1v) is 6.13. The third-order valence-electron chi connectivity index (χ3n) is 2.93. The van der Waals surface area contributed by atoms with E-state index in [0.29, 0.717) is 18.7 Å². The average Bonchev–Trinajstić information content (AvgIpc) is 2.41. The van der Waals surface area contributed by atoms with E-state index in [-0.39, 0.29) is 17.6 Å². The van der Waals surface area contributed by atoms with Gasteiger partial charge in [0.15, 0.2) is 0 Å². The SMILES string of the molecule is COC(=O)c1ccc(N2CC(Cl)NCC2N)cc1. The van der Waals surface area contributed by atoms with E-state index >= 15 is 0 Å². The van der Waals surface area contributed by atoms with Crippen LogP contribution in [0.15, 0.2) is 24.3 Å². The molecule has 18 heavy (non-hydrogen) atoms. The van der Waals surface area contributed by atoms with Gasteiger partial charge in [-0.15, -0.1) is 11.6 Å². The molecule has 1 fully saturated rings. The minimum atomic E-state index is -0.346. The molecule has 6 heteroatoms. The standard InChI is InChI=1S/C12H16ClN3O2/c1-18-12(17)8-2-4-9(5-3-8)16-7-10(13)15-6-11(16)14/h2-5,10-11,15H,6-7,14H2,1H3. The summed E-state index contributed by atoms with van der Waals surface area (Å²) in [6, 6.07) is 7.14. The quantitative estimate of drug-likeness (QED) is 0.471. The highest BCUT2D eigenvalue weighted by Gasteiger charge is 2.24. The number of nitrogens with two attached hydrogens (primary N) is 1. The molecule has 1 aromatic rings. The molecule has 2 rings (SSSR count). The summed E-state index contributed by atoms with van der Waals surface area (Å²) < 4.78 is 4.65. The molecule has 1 heterocycles. The van der Waals surface area contributed by atoms with Gasteiger partial charge in [-0.25, -0.2) is 4.79 Å². The van der Waals surface area contributed by atoms with Gasteiger partial charge in [0.1, 0.15) is 5.50 Å². The van der Waals surface area contributed by atoms with Crippen molar-refractivity contribution in [2.75, 3.05) is 25.1 Å². The first-order chi connectivity index (χ1) is 8.61. The number of methoxy groups -OCH3 is 1. The van der Waals surface area contributed by atoms with Gasteiger partial charge < -0.3 is 15.4 Å². The van der Waals surface area contributed by atoms with Crippen LogP contribution >= 0.6 is 11.6 Å². The summed E-state index contributed by atoms with van der Waals surface area (Å²) >= 11 is 6.05. The maximum atomic E-state index is 11.3. The number of halogens is 1. The van der Waals surface area contributed by atoms with Crippen molar-refractivity contribution in [3.05, 3.63) is 29.8 Å². The molecular formula is C12H16ClN3O2. The Morgan fingerprint density at radius 3 is 2.78 bits per heavy atom. The lowest BCUT2D eigenvalue weighted by atomic mass is 10.1. The molecule has 0 spiro atoms. The topological polar surface area (TPSA) is 67.6 Å². The zero-order chi connectivity index (χ0) is 13.1. The number of piperazine rings is 1. The number of nitrogens with one attached hydrogen (secondary N) is 1. The summed E-state index contributed by atoms with van der Waals surface area (Å²) in [5.41, 5.74) is 7.36. The summed E-state index contributed by atoms with van der Waals surface area (Å²) in [4.78, 5) is 13.3. The number of hydrogen-bond donors (Lipinski definition) is 2. The van der Waals surface area contributed by atoms with E-state index in [1.54, 1.807) is 12.1 Å². The van der Waals surface area contributed by atoms with E-state index in [1.165, 1.54) is 7.11 Å². The lowest BCUT2D eigenvalue weighted by molar-refractivity contribution is 0.0601. The van der Waals surface area contributed by atoms with E-state index in [0.717, 1.165) is 5.69 Å². The van der Waals surface area contributed by atoms with Crippen LogP contribution in [0.5, 0.6) is 0 Å². The summed E-state index contributed by atoms with van der Waals surface area (Å²) in [5.74, 6) is -0.346. The summed E-state index contributed by atoms with van der Waals surface area (Å²) in [6.07, 6.45) is -0.121. The van der Waals surface area contributed by atoms with E-state index < -0.39 is 0 Å². The van der Waals surface area contributed by atoms with Gasteiger partial charge in [0, 0.05) is 18.8 Å². The molecule has 3 N–H and O–H groups in total. The van der Waals surface area contributed by atoms with E-state index in [1.807, 2.05) is 17.0 Å². The van der Waals surface area contributed by atoms with Gasteiger partial charge in [-0.05, 0) is 24.3 Å². The smallest absolute Gasteiger partial charge is 0.337 e. The maximum Gasteiger partial charge on any atom is 0.337 e. The van der Waals surface area contributed by atoms with E-state index in [9.17, 15) is 4.79 Å². The molecule has 5 nitrogen and oxygen atoms in total. The Bertz CT molecular complexity index is 424. The van der Waals surface area contributed by atoms with Crippen molar-refractivity contribution in [2.45, 2.75) is 11.7 Å². The highest BCUT2D eigenvalue weighted by molar-refractivity contribution is 6.20. The highest BCUT2D eigenvalue weighted by atomic mass is 35.5. The Kier molecular flexibility index (Phi) is 4.06. The predicted octanol–water partition coefficient (Wildman–Crippen LogP) is 0.732. The van der Waals surface area contributed by atoms with Crippen molar-refractivity contribution in [1.82, 2.24) is 5.32 Å². The number of nitrogens with zero attached hydrogens (tertiary/aromatic N) is 1. The number of benzene rings is 1. The summed E-state index contributed by atoms with van der Waals surface area (Å²) in [6.45, 7) is 1.26. The average molecular weight is 270 g/mol. The molecule has 1 aliphatic heterocycles. The Hall–Kier alpha value is -1.30. The zero-order valence-corrected chi connectivity index (χ0v) is 10.9. The van der Waals surface area contributed by atoms with Gasteiger partial charge in [-0.2, -0.15) is 0 Å². The van der Waals surface area contributed by atoms with Crippen LogP contribution in [-0.4, -0.2) is 37.8 Å². The fourth-order valence-corrected chi connectivity index (χ4v) is 2.17. The van der Waals surface area contributed by atoms with Crippen molar-refractivity contribution < 1.29 is 9.53 Å². The fraction of sp³-hybridized carbons (Fsp3) is 0.417. The fourth-order valence-electron chi connectivity index (χ4n) is 1.94. The summed E-state index contributed by atoms with van der Waals surface area (Å²) in [7, 11) is 1.36. The minimum absolute atomic E-state index is 0.120. The number of ether oxygens (including phenoxy) is 1. The van der Waals surface area contributed by atoms with Gasteiger partial charge in [-0.1, -0.05) is 0 Å². The Morgan fingerprint density at radius 2 is 2.17 bits per heavy atom. The molecule has 0 amide bonds. The van der Waals surface area contributed by atoms with Crippen LogP contribution in [-0.2, 0) is 4.74 Å². The van der Waals surface area contributed by atoms with Gasteiger partial charge in [0.25, 0.3) is 0 Å². The van der Waals surface area contributed by atoms with Crippen LogP contribution in [0.2, 0.25) is 0 Å². The molecule has 2 unspecified atom stereocenters. The first-order valence-electron chi connectivity index (χ1n) is 5.70. The van der Waals surface area contributed by atoms with Crippen molar-refractivity contribution >= 4 is 23.3 Å². The van der Waals surface area contributed by atoms with Gasteiger partial charge in [0.2, 0.25) is 0 Å². The third-order valence-corrected chi connectivity index (χ3v) is 3.22. The molecular weight excluding hydrogens is 254 g/mol. The normalized spacial score (nSPS) is 23.8.